The first-order valence-electron chi connectivity index (χ1n) is 5.97. The molecule has 2 aromatic rings. The van der Waals surface area contributed by atoms with Gasteiger partial charge in [0.1, 0.15) is 5.75 Å². The lowest BCUT2D eigenvalue weighted by molar-refractivity contribution is 0.0507. The Kier molecular flexibility index (Phi) is 2.90. The van der Waals surface area contributed by atoms with Crippen LogP contribution in [0.1, 0.15) is 17.4 Å². The minimum atomic E-state index is -0.0918. The van der Waals surface area contributed by atoms with E-state index in [1.807, 2.05) is 36.4 Å². The van der Waals surface area contributed by atoms with Crippen molar-refractivity contribution in [3.8, 4) is 5.75 Å². The maximum atomic E-state index is 5.81. The second kappa shape index (κ2) is 4.70. The van der Waals surface area contributed by atoms with Gasteiger partial charge in [-0.25, -0.2) is 0 Å². The highest BCUT2D eigenvalue weighted by atomic mass is 16.5. The molecule has 3 heteroatoms. The Bertz CT molecular complexity index is 536. The van der Waals surface area contributed by atoms with Crippen LogP contribution in [0.5, 0.6) is 5.75 Å². The number of hydrogen-bond donors (Lipinski definition) is 1. The lowest BCUT2D eigenvalue weighted by Gasteiger charge is -2.27. The summed E-state index contributed by atoms with van der Waals surface area (Å²) in [5.41, 5.74) is 3.44. The molecule has 1 N–H and O–H groups in total. The number of hydrogen-bond acceptors (Lipinski definition) is 3. The Balaban J connectivity index is 1.82. The molecular weight excluding hydrogens is 226 g/mol. The summed E-state index contributed by atoms with van der Waals surface area (Å²) < 4.78 is 11.0. The average molecular weight is 241 g/mol. The fraction of sp³-hybridized carbons (Fsp3) is 0.200. The number of anilines is 1. The minimum absolute atomic E-state index is 0.0918. The third kappa shape index (κ3) is 2.05. The minimum Gasteiger partial charge on any atom is -0.497 e. The van der Waals surface area contributed by atoms with E-state index >= 15 is 0 Å². The average Bonchev–Trinajstić information content (AvgIpc) is 2.47. The molecule has 0 fully saturated rings. The molecule has 2 aromatic carbocycles. The number of rotatable bonds is 2. The quantitative estimate of drug-likeness (QED) is 0.874. The van der Waals surface area contributed by atoms with Gasteiger partial charge in [0.05, 0.1) is 13.7 Å². The van der Waals surface area contributed by atoms with Crippen molar-refractivity contribution in [2.24, 2.45) is 0 Å². The topological polar surface area (TPSA) is 30.5 Å². The highest BCUT2D eigenvalue weighted by Crippen LogP contribution is 2.30. The summed E-state index contributed by atoms with van der Waals surface area (Å²) >= 11 is 0. The number of ether oxygens (including phenoxy) is 2. The zero-order valence-electron chi connectivity index (χ0n) is 10.2. The molecule has 1 atom stereocenters. The predicted octanol–water partition coefficient (Wildman–Crippen LogP) is 3.34. The zero-order valence-corrected chi connectivity index (χ0v) is 10.2. The van der Waals surface area contributed by atoms with Gasteiger partial charge in [-0.3, -0.25) is 0 Å². The first kappa shape index (κ1) is 11.1. The summed E-state index contributed by atoms with van der Waals surface area (Å²) in [5.74, 6) is 0.856. The molecule has 18 heavy (non-hydrogen) atoms. The van der Waals surface area contributed by atoms with Gasteiger partial charge in [0, 0.05) is 16.8 Å². The number of methoxy groups -OCH3 is 1. The first-order chi connectivity index (χ1) is 8.86. The van der Waals surface area contributed by atoms with E-state index in [1.165, 1.54) is 5.56 Å². The third-order valence-corrected chi connectivity index (χ3v) is 3.13. The molecule has 3 rings (SSSR count). The second-order valence-corrected chi connectivity index (χ2v) is 4.27. The molecule has 1 aliphatic heterocycles. The Morgan fingerprint density at radius 3 is 2.67 bits per heavy atom. The van der Waals surface area contributed by atoms with Crippen molar-refractivity contribution >= 4 is 5.69 Å². The summed E-state index contributed by atoms with van der Waals surface area (Å²) in [5, 5.41) is 3.39. The molecule has 0 unspecified atom stereocenters. The molecule has 1 aliphatic rings. The van der Waals surface area contributed by atoms with E-state index in [2.05, 4.69) is 17.4 Å². The van der Waals surface area contributed by atoms with Crippen molar-refractivity contribution < 1.29 is 9.47 Å². The van der Waals surface area contributed by atoms with E-state index in [-0.39, 0.29) is 6.23 Å². The maximum Gasteiger partial charge on any atom is 0.154 e. The Hall–Kier alpha value is -2.00. The van der Waals surface area contributed by atoms with Crippen molar-refractivity contribution in [1.82, 2.24) is 0 Å². The van der Waals surface area contributed by atoms with Crippen molar-refractivity contribution in [1.29, 1.82) is 0 Å². The smallest absolute Gasteiger partial charge is 0.154 e. The molecule has 0 saturated heterocycles. The van der Waals surface area contributed by atoms with Gasteiger partial charge in [-0.2, -0.15) is 0 Å². The van der Waals surface area contributed by atoms with Crippen LogP contribution in [0, 0.1) is 0 Å². The van der Waals surface area contributed by atoms with Gasteiger partial charge in [0.15, 0.2) is 6.23 Å². The number of para-hydroxylation sites is 1. The number of nitrogens with one attached hydrogen (secondary N) is 1. The molecule has 0 spiro atoms. The lowest BCUT2D eigenvalue weighted by Crippen LogP contribution is -2.20. The van der Waals surface area contributed by atoms with E-state index in [0.29, 0.717) is 6.61 Å². The van der Waals surface area contributed by atoms with Crippen LogP contribution in [0.15, 0.2) is 48.5 Å². The Morgan fingerprint density at radius 1 is 1.11 bits per heavy atom. The van der Waals surface area contributed by atoms with E-state index < -0.39 is 0 Å². The normalized spacial score (nSPS) is 17.7. The van der Waals surface area contributed by atoms with Gasteiger partial charge in [0.25, 0.3) is 0 Å². The van der Waals surface area contributed by atoms with E-state index in [4.69, 9.17) is 9.47 Å². The van der Waals surface area contributed by atoms with Crippen LogP contribution >= 0.6 is 0 Å². The summed E-state index contributed by atoms with van der Waals surface area (Å²) in [6.07, 6.45) is -0.0918. The van der Waals surface area contributed by atoms with Crippen LogP contribution in [0.25, 0.3) is 0 Å². The van der Waals surface area contributed by atoms with E-state index in [1.54, 1.807) is 7.11 Å². The van der Waals surface area contributed by atoms with Crippen LogP contribution in [0.4, 0.5) is 5.69 Å². The summed E-state index contributed by atoms with van der Waals surface area (Å²) in [6, 6.07) is 16.1. The summed E-state index contributed by atoms with van der Waals surface area (Å²) in [6.45, 7) is 0.639. The molecule has 0 aliphatic carbocycles. The van der Waals surface area contributed by atoms with Crippen LogP contribution < -0.4 is 10.1 Å². The van der Waals surface area contributed by atoms with Gasteiger partial charge in [-0.05, 0) is 18.2 Å². The SMILES string of the molecule is COc1ccc([C@@H]2Nc3ccccc3CO2)cc1. The van der Waals surface area contributed by atoms with Crippen molar-refractivity contribution in [2.45, 2.75) is 12.8 Å². The first-order valence-corrected chi connectivity index (χ1v) is 5.97. The van der Waals surface area contributed by atoms with Crippen LogP contribution in [-0.4, -0.2) is 7.11 Å². The van der Waals surface area contributed by atoms with Gasteiger partial charge in [0.2, 0.25) is 0 Å². The molecule has 0 bridgehead atoms. The van der Waals surface area contributed by atoms with Crippen molar-refractivity contribution in [3.63, 3.8) is 0 Å². The highest BCUT2D eigenvalue weighted by molar-refractivity contribution is 5.53. The second-order valence-electron chi connectivity index (χ2n) is 4.27. The number of fused-ring (bicyclic) bond motifs is 1. The third-order valence-electron chi connectivity index (χ3n) is 3.13. The van der Waals surface area contributed by atoms with E-state index in [0.717, 1.165) is 17.0 Å². The lowest BCUT2D eigenvalue weighted by atomic mass is 10.1. The molecule has 92 valence electrons. The van der Waals surface area contributed by atoms with Gasteiger partial charge >= 0.3 is 0 Å². The Labute approximate surface area is 106 Å². The Morgan fingerprint density at radius 2 is 1.89 bits per heavy atom. The zero-order chi connectivity index (χ0) is 12.4. The molecule has 0 aromatic heterocycles. The predicted molar refractivity (Wildman–Crippen MR) is 70.6 cm³/mol. The van der Waals surface area contributed by atoms with Gasteiger partial charge in [-0.1, -0.05) is 30.3 Å². The fourth-order valence-electron chi connectivity index (χ4n) is 2.10. The highest BCUT2D eigenvalue weighted by Gasteiger charge is 2.18. The van der Waals surface area contributed by atoms with Crippen LogP contribution in [0.2, 0.25) is 0 Å². The maximum absolute atomic E-state index is 5.81. The molecule has 0 saturated carbocycles. The van der Waals surface area contributed by atoms with Crippen LogP contribution in [-0.2, 0) is 11.3 Å². The largest absolute Gasteiger partial charge is 0.497 e. The molecule has 1 heterocycles. The summed E-state index contributed by atoms with van der Waals surface area (Å²) in [4.78, 5) is 0. The van der Waals surface area contributed by atoms with Gasteiger partial charge < -0.3 is 14.8 Å². The molecule has 0 amide bonds. The van der Waals surface area contributed by atoms with Crippen LogP contribution in [0.3, 0.4) is 0 Å². The summed E-state index contributed by atoms with van der Waals surface area (Å²) in [7, 11) is 1.67. The fourth-order valence-corrected chi connectivity index (χ4v) is 2.10. The van der Waals surface area contributed by atoms with Crippen molar-refractivity contribution in [3.05, 3.63) is 59.7 Å². The molecule has 0 radical (unpaired) electrons. The van der Waals surface area contributed by atoms with E-state index in [9.17, 15) is 0 Å². The standard InChI is InChI=1S/C15H15NO2/c1-17-13-8-6-11(7-9-13)15-16-14-5-3-2-4-12(14)10-18-15/h2-9,15-16H,10H2,1H3/t15-/m1/s1. The van der Waals surface area contributed by atoms with Crippen molar-refractivity contribution in [2.75, 3.05) is 12.4 Å². The monoisotopic (exact) mass is 241 g/mol. The molecule has 3 nitrogen and oxygen atoms in total. The van der Waals surface area contributed by atoms with Gasteiger partial charge in [-0.15, -0.1) is 0 Å². The number of benzene rings is 2. The molecular formula is C15H15NO2.